The Hall–Kier alpha value is -3.81. The molecule has 1 aliphatic rings. The molecule has 1 fully saturated rings. The number of nitrogens with one attached hydrogen (secondary N) is 2. The van der Waals surface area contributed by atoms with Gasteiger partial charge in [0.2, 0.25) is 11.8 Å². The van der Waals surface area contributed by atoms with Gasteiger partial charge in [0.05, 0.1) is 17.3 Å². The Labute approximate surface area is 165 Å². The van der Waals surface area contributed by atoms with Crippen LogP contribution in [-0.4, -0.2) is 28.6 Å². The number of anilines is 2. The van der Waals surface area contributed by atoms with Crippen molar-refractivity contribution in [1.29, 1.82) is 0 Å². The van der Waals surface area contributed by atoms with Crippen LogP contribution in [-0.2, 0) is 9.59 Å². The van der Waals surface area contributed by atoms with Crippen molar-refractivity contribution in [3.63, 3.8) is 0 Å². The van der Waals surface area contributed by atoms with E-state index in [2.05, 4.69) is 15.5 Å². The number of aromatic amines is 1. The normalized spacial score (nSPS) is 16.1. The average molecular weight is 392 g/mol. The lowest BCUT2D eigenvalue weighted by Crippen LogP contribution is -2.28. The summed E-state index contributed by atoms with van der Waals surface area (Å²) >= 11 is 0. The fourth-order valence-electron chi connectivity index (χ4n) is 3.32. The summed E-state index contributed by atoms with van der Waals surface area (Å²) in [6.45, 7) is 0.174. The van der Waals surface area contributed by atoms with E-state index in [0.717, 1.165) is 0 Å². The van der Waals surface area contributed by atoms with Crippen LogP contribution in [0.15, 0.2) is 65.5 Å². The fourth-order valence-corrected chi connectivity index (χ4v) is 3.32. The van der Waals surface area contributed by atoms with Crippen LogP contribution in [0.2, 0.25) is 0 Å². The van der Waals surface area contributed by atoms with Crippen molar-refractivity contribution in [3.8, 4) is 11.3 Å². The Bertz CT molecular complexity index is 1120. The third kappa shape index (κ3) is 3.91. The van der Waals surface area contributed by atoms with E-state index in [1.54, 1.807) is 36.4 Å². The zero-order valence-corrected chi connectivity index (χ0v) is 15.3. The fraction of sp³-hybridized carbons (Fsp3) is 0.143. The van der Waals surface area contributed by atoms with Crippen LogP contribution >= 0.6 is 0 Å². The standard InChI is InChI=1S/C21H17FN4O3/c22-14-4-3-5-15(11-14)26-12-13(10-20(26)28)21(29)23-17-7-2-1-6-16(17)18-8-9-19(27)25-24-18/h1-9,11,13H,10,12H2,(H,23,29)(H,25,27). The number of nitrogens with zero attached hydrogens (tertiary/aromatic N) is 2. The second-order valence-electron chi connectivity index (χ2n) is 6.73. The number of para-hydroxylation sites is 1. The van der Waals surface area contributed by atoms with E-state index in [9.17, 15) is 18.8 Å². The molecule has 7 nitrogen and oxygen atoms in total. The highest BCUT2D eigenvalue weighted by Gasteiger charge is 2.35. The molecule has 29 heavy (non-hydrogen) atoms. The summed E-state index contributed by atoms with van der Waals surface area (Å²) in [4.78, 5) is 37.8. The van der Waals surface area contributed by atoms with Crippen LogP contribution in [0.5, 0.6) is 0 Å². The minimum Gasteiger partial charge on any atom is -0.325 e. The molecule has 146 valence electrons. The van der Waals surface area contributed by atoms with Crippen LogP contribution < -0.4 is 15.8 Å². The Morgan fingerprint density at radius 2 is 1.93 bits per heavy atom. The maximum Gasteiger partial charge on any atom is 0.264 e. The third-order valence-corrected chi connectivity index (χ3v) is 4.76. The lowest BCUT2D eigenvalue weighted by atomic mass is 10.1. The molecule has 0 aliphatic carbocycles. The summed E-state index contributed by atoms with van der Waals surface area (Å²) < 4.78 is 13.5. The van der Waals surface area contributed by atoms with Gasteiger partial charge >= 0.3 is 0 Å². The van der Waals surface area contributed by atoms with Gasteiger partial charge in [-0.15, -0.1) is 0 Å². The maximum absolute atomic E-state index is 13.5. The largest absolute Gasteiger partial charge is 0.325 e. The van der Waals surface area contributed by atoms with Crippen molar-refractivity contribution in [2.45, 2.75) is 6.42 Å². The number of carbonyl (C=O) groups excluding carboxylic acids is 2. The van der Waals surface area contributed by atoms with Gasteiger partial charge in [-0.05, 0) is 30.3 Å². The van der Waals surface area contributed by atoms with Gasteiger partial charge in [0.25, 0.3) is 5.56 Å². The second-order valence-corrected chi connectivity index (χ2v) is 6.73. The number of hydrogen-bond acceptors (Lipinski definition) is 4. The summed E-state index contributed by atoms with van der Waals surface area (Å²) in [5.41, 5.74) is 1.78. The van der Waals surface area contributed by atoms with Crippen molar-refractivity contribution < 1.29 is 14.0 Å². The van der Waals surface area contributed by atoms with Gasteiger partial charge in [0, 0.05) is 30.3 Å². The summed E-state index contributed by atoms with van der Waals surface area (Å²) in [6.07, 6.45) is 0.0431. The topological polar surface area (TPSA) is 95.2 Å². The molecule has 1 aliphatic heterocycles. The van der Waals surface area contributed by atoms with Gasteiger partial charge in [0.15, 0.2) is 0 Å². The zero-order valence-electron chi connectivity index (χ0n) is 15.3. The molecular weight excluding hydrogens is 375 g/mol. The lowest BCUT2D eigenvalue weighted by molar-refractivity contribution is -0.122. The number of carbonyl (C=O) groups is 2. The number of rotatable bonds is 4. The quantitative estimate of drug-likeness (QED) is 0.713. The van der Waals surface area contributed by atoms with Crippen LogP contribution in [0.3, 0.4) is 0 Å². The molecule has 2 heterocycles. The van der Waals surface area contributed by atoms with Crippen LogP contribution in [0.4, 0.5) is 15.8 Å². The molecule has 1 unspecified atom stereocenters. The Morgan fingerprint density at radius 1 is 1.10 bits per heavy atom. The van der Waals surface area contributed by atoms with Crippen LogP contribution in [0, 0.1) is 11.7 Å². The lowest BCUT2D eigenvalue weighted by Gasteiger charge is -2.17. The first-order valence-electron chi connectivity index (χ1n) is 9.03. The number of halogens is 1. The molecule has 0 bridgehead atoms. The molecule has 0 saturated carbocycles. The minimum absolute atomic E-state index is 0.0431. The first-order valence-corrected chi connectivity index (χ1v) is 9.03. The van der Waals surface area contributed by atoms with Crippen molar-refractivity contribution in [2.75, 3.05) is 16.8 Å². The third-order valence-electron chi connectivity index (χ3n) is 4.76. The minimum atomic E-state index is -0.567. The van der Waals surface area contributed by atoms with Gasteiger partial charge in [-0.3, -0.25) is 14.4 Å². The van der Waals surface area contributed by atoms with Crippen molar-refractivity contribution in [3.05, 3.63) is 76.8 Å². The molecule has 1 saturated heterocycles. The number of H-pyrrole nitrogens is 1. The Kier molecular flexibility index (Phi) is 4.90. The second kappa shape index (κ2) is 7.67. The summed E-state index contributed by atoms with van der Waals surface area (Å²) in [5, 5.41) is 9.21. The summed E-state index contributed by atoms with van der Waals surface area (Å²) in [5.74, 6) is -1.55. The molecule has 1 atom stereocenters. The molecule has 0 radical (unpaired) electrons. The van der Waals surface area contributed by atoms with E-state index >= 15 is 0 Å². The van der Waals surface area contributed by atoms with Gasteiger partial charge in [-0.25, -0.2) is 9.49 Å². The number of amides is 2. The summed E-state index contributed by atoms with van der Waals surface area (Å²) in [6, 6.07) is 15.7. The molecule has 8 heteroatoms. The van der Waals surface area contributed by atoms with Crippen molar-refractivity contribution >= 4 is 23.2 Å². The monoisotopic (exact) mass is 392 g/mol. The van der Waals surface area contributed by atoms with E-state index in [-0.39, 0.29) is 30.3 Å². The van der Waals surface area contributed by atoms with Crippen LogP contribution in [0.25, 0.3) is 11.3 Å². The number of hydrogen-bond donors (Lipinski definition) is 2. The highest BCUT2D eigenvalue weighted by Crippen LogP contribution is 2.29. The van der Waals surface area contributed by atoms with Crippen molar-refractivity contribution in [2.24, 2.45) is 5.92 Å². The zero-order chi connectivity index (χ0) is 20.4. The molecule has 4 rings (SSSR count). The highest BCUT2D eigenvalue weighted by molar-refractivity contribution is 6.04. The van der Waals surface area contributed by atoms with E-state index in [0.29, 0.717) is 22.6 Å². The van der Waals surface area contributed by atoms with E-state index < -0.39 is 11.7 Å². The van der Waals surface area contributed by atoms with E-state index in [1.165, 1.54) is 29.2 Å². The predicted molar refractivity (Wildman–Crippen MR) is 106 cm³/mol. The summed E-state index contributed by atoms with van der Waals surface area (Å²) in [7, 11) is 0. The van der Waals surface area contributed by atoms with Crippen molar-refractivity contribution in [1.82, 2.24) is 10.2 Å². The van der Waals surface area contributed by atoms with Gasteiger partial charge in [0.1, 0.15) is 5.82 Å². The highest BCUT2D eigenvalue weighted by atomic mass is 19.1. The first-order chi connectivity index (χ1) is 14.0. The average Bonchev–Trinajstić information content (AvgIpc) is 3.11. The van der Waals surface area contributed by atoms with E-state index in [4.69, 9.17) is 0 Å². The molecule has 2 aromatic carbocycles. The number of aromatic nitrogens is 2. The molecule has 3 aromatic rings. The predicted octanol–water partition coefficient (Wildman–Crippen LogP) is 2.57. The molecule has 2 N–H and O–H groups in total. The SMILES string of the molecule is O=C(Nc1ccccc1-c1ccc(=O)[nH]n1)C1CC(=O)N(c2cccc(F)c2)C1. The Balaban J connectivity index is 1.53. The first kappa shape index (κ1) is 18.5. The van der Waals surface area contributed by atoms with Gasteiger partial charge in [-0.2, -0.15) is 5.10 Å². The number of benzene rings is 2. The maximum atomic E-state index is 13.5. The smallest absolute Gasteiger partial charge is 0.264 e. The van der Waals surface area contributed by atoms with Crippen LogP contribution in [0.1, 0.15) is 6.42 Å². The van der Waals surface area contributed by atoms with Gasteiger partial charge in [-0.1, -0.05) is 24.3 Å². The van der Waals surface area contributed by atoms with E-state index in [1.807, 2.05) is 0 Å². The molecule has 1 aromatic heterocycles. The molecular formula is C21H17FN4O3. The molecule has 2 amide bonds. The molecule has 0 spiro atoms. The van der Waals surface area contributed by atoms with Gasteiger partial charge < -0.3 is 10.2 Å². The Morgan fingerprint density at radius 3 is 2.69 bits per heavy atom.